The summed E-state index contributed by atoms with van der Waals surface area (Å²) in [5, 5.41) is 0. The van der Waals surface area contributed by atoms with Crippen molar-refractivity contribution >= 4 is 0 Å². The highest BCUT2D eigenvalue weighted by molar-refractivity contribution is 5.64. The van der Waals surface area contributed by atoms with Gasteiger partial charge in [-0.2, -0.15) is 0 Å². The molecule has 0 heterocycles. The zero-order valence-corrected chi connectivity index (χ0v) is 11.7. The van der Waals surface area contributed by atoms with E-state index in [4.69, 9.17) is 0 Å². The molecule has 2 aromatic carbocycles. The van der Waals surface area contributed by atoms with Crippen LogP contribution in [0, 0.1) is 6.07 Å². The second kappa shape index (κ2) is 5.39. The van der Waals surface area contributed by atoms with Crippen LogP contribution < -0.4 is 0 Å². The molecule has 0 aliphatic rings. The smallest absolute Gasteiger partial charge is 0.00990 e. The van der Waals surface area contributed by atoms with Gasteiger partial charge in [0.25, 0.3) is 0 Å². The molecular formula is C18H21. The predicted molar refractivity (Wildman–Crippen MR) is 78.9 cm³/mol. The van der Waals surface area contributed by atoms with Crippen molar-refractivity contribution in [2.75, 3.05) is 0 Å². The maximum Gasteiger partial charge on any atom is -0.00990 e. The molecule has 0 fully saturated rings. The van der Waals surface area contributed by atoms with Gasteiger partial charge in [0.1, 0.15) is 0 Å². The van der Waals surface area contributed by atoms with Gasteiger partial charge in [-0.05, 0) is 40.2 Å². The van der Waals surface area contributed by atoms with Crippen LogP contribution in [0.1, 0.15) is 50.7 Å². The molecule has 0 amide bonds. The molecule has 93 valence electrons. The van der Waals surface area contributed by atoms with E-state index in [2.05, 4.69) is 70.2 Å². The zero-order valence-electron chi connectivity index (χ0n) is 11.7. The third kappa shape index (κ3) is 2.81. The maximum atomic E-state index is 3.33. The van der Waals surface area contributed by atoms with Crippen LogP contribution in [0.3, 0.4) is 0 Å². The average Bonchev–Trinajstić information content (AvgIpc) is 2.39. The minimum Gasteiger partial charge on any atom is -0.0587 e. The van der Waals surface area contributed by atoms with Crippen LogP contribution in [0.4, 0.5) is 0 Å². The van der Waals surface area contributed by atoms with Crippen molar-refractivity contribution in [2.24, 2.45) is 0 Å². The lowest BCUT2D eigenvalue weighted by molar-refractivity contribution is 0.866. The van der Waals surface area contributed by atoms with Gasteiger partial charge in [-0.25, -0.2) is 0 Å². The van der Waals surface area contributed by atoms with Crippen molar-refractivity contribution in [3.05, 3.63) is 59.7 Å². The largest absolute Gasteiger partial charge is 0.0587 e. The second-order valence-corrected chi connectivity index (χ2v) is 5.47. The lowest BCUT2D eigenvalue weighted by atomic mass is 9.95. The highest BCUT2D eigenvalue weighted by Gasteiger charge is 2.04. The molecule has 0 unspecified atom stereocenters. The fourth-order valence-electron chi connectivity index (χ4n) is 2.06. The third-order valence-corrected chi connectivity index (χ3v) is 3.38. The minimum atomic E-state index is 0.563. The van der Waals surface area contributed by atoms with Gasteiger partial charge in [0.2, 0.25) is 0 Å². The summed E-state index contributed by atoms with van der Waals surface area (Å²) in [6.07, 6.45) is 0. The van der Waals surface area contributed by atoms with Gasteiger partial charge in [-0.3, -0.25) is 0 Å². The molecule has 18 heavy (non-hydrogen) atoms. The van der Waals surface area contributed by atoms with E-state index < -0.39 is 0 Å². The fraction of sp³-hybridized carbons (Fsp3) is 0.333. The van der Waals surface area contributed by atoms with E-state index in [1.807, 2.05) is 6.07 Å². The van der Waals surface area contributed by atoms with Gasteiger partial charge in [0.15, 0.2) is 0 Å². The van der Waals surface area contributed by atoms with Gasteiger partial charge in [0.05, 0.1) is 0 Å². The van der Waals surface area contributed by atoms with E-state index in [-0.39, 0.29) is 0 Å². The molecule has 0 nitrogen and oxygen atoms in total. The molecule has 0 saturated carbocycles. The Hall–Kier alpha value is -1.56. The van der Waals surface area contributed by atoms with E-state index >= 15 is 0 Å². The van der Waals surface area contributed by atoms with Gasteiger partial charge >= 0.3 is 0 Å². The van der Waals surface area contributed by atoms with Gasteiger partial charge in [-0.1, -0.05) is 70.2 Å². The summed E-state index contributed by atoms with van der Waals surface area (Å²) in [7, 11) is 0. The Bertz CT molecular complexity index is 504. The SMILES string of the molecule is CC(C)c1ccc(-c2[c]ccc(C(C)C)c2)cc1. The molecule has 0 spiro atoms. The molecule has 0 saturated heterocycles. The first kappa shape index (κ1) is 12.9. The van der Waals surface area contributed by atoms with E-state index in [0.717, 1.165) is 0 Å². The first-order chi connectivity index (χ1) is 8.58. The van der Waals surface area contributed by atoms with Crippen molar-refractivity contribution in [1.29, 1.82) is 0 Å². The minimum absolute atomic E-state index is 0.563. The van der Waals surface area contributed by atoms with Crippen molar-refractivity contribution in [3.8, 4) is 11.1 Å². The van der Waals surface area contributed by atoms with Crippen molar-refractivity contribution in [3.63, 3.8) is 0 Å². The number of hydrogen-bond donors (Lipinski definition) is 0. The summed E-state index contributed by atoms with van der Waals surface area (Å²) in [6, 6.07) is 18.6. The number of rotatable bonds is 3. The molecule has 2 aromatic rings. The molecule has 0 heteroatoms. The summed E-state index contributed by atoms with van der Waals surface area (Å²) in [4.78, 5) is 0. The summed E-state index contributed by atoms with van der Waals surface area (Å²) >= 11 is 0. The second-order valence-electron chi connectivity index (χ2n) is 5.47. The van der Waals surface area contributed by atoms with Crippen LogP contribution in [0.2, 0.25) is 0 Å². The standard InChI is InChI=1S/C18H21/c1-13(2)15-8-10-16(11-9-15)18-7-5-6-17(12-18)14(3)4/h5-6,8-14H,1-4H3. The molecular weight excluding hydrogens is 216 g/mol. The number of benzene rings is 2. The van der Waals surface area contributed by atoms with Crippen molar-refractivity contribution in [1.82, 2.24) is 0 Å². The van der Waals surface area contributed by atoms with Gasteiger partial charge in [0, 0.05) is 0 Å². The summed E-state index contributed by atoms with van der Waals surface area (Å²) in [5.41, 5.74) is 5.20. The molecule has 0 atom stereocenters. The third-order valence-electron chi connectivity index (χ3n) is 3.38. The molecule has 2 rings (SSSR count). The fourth-order valence-corrected chi connectivity index (χ4v) is 2.06. The maximum absolute atomic E-state index is 3.33. The van der Waals surface area contributed by atoms with Crippen LogP contribution in [-0.2, 0) is 0 Å². The quantitative estimate of drug-likeness (QED) is 0.670. The lowest BCUT2D eigenvalue weighted by Crippen LogP contribution is -1.89. The monoisotopic (exact) mass is 237 g/mol. The molecule has 0 aliphatic heterocycles. The van der Waals surface area contributed by atoms with Crippen LogP contribution in [-0.4, -0.2) is 0 Å². The Kier molecular flexibility index (Phi) is 3.86. The summed E-state index contributed by atoms with van der Waals surface area (Å²) in [6.45, 7) is 8.89. The van der Waals surface area contributed by atoms with E-state index in [0.29, 0.717) is 11.8 Å². The molecule has 0 N–H and O–H groups in total. The summed E-state index contributed by atoms with van der Waals surface area (Å²) in [5.74, 6) is 1.15. The Morgan fingerprint density at radius 2 is 1.39 bits per heavy atom. The lowest BCUT2D eigenvalue weighted by Gasteiger charge is -2.09. The normalized spacial score (nSPS) is 11.2. The average molecular weight is 237 g/mol. The predicted octanol–water partition coefficient (Wildman–Crippen LogP) is 5.40. The van der Waals surface area contributed by atoms with Gasteiger partial charge < -0.3 is 0 Å². The van der Waals surface area contributed by atoms with Crippen LogP contribution >= 0.6 is 0 Å². The van der Waals surface area contributed by atoms with E-state index in [9.17, 15) is 0 Å². The first-order valence-electron chi connectivity index (χ1n) is 6.70. The molecule has 1 radical (unpaired) electrons. The molecule has 0 aromatic heterocycles. The van der Waals surface area contributed by atoms with Gasteiger partial charge in [-0.15, -0.1) is 0 Å². The van der Waals surface area contributed by atoms with E-state index in [1.165, 1.54) is 22.3 Å². The zero-order chi connectivity index (χ0) is 13.1. The summed E-state index contributed by atoms with van der Waals surface area (Å²) < 4.78 is 0. The van der Waals surface area contributed by atoms with E-state index in [1.54, 1.807) is 0 Å². The molecule has 0 aliphatic carbocycles. The molecule has 0 bridgehead atoms. The van der Waals surface area contributed by atoms with Crippen molar-refractivity contribution < 1.29 is 0 Å². The number of hydrogen-bond acceptors (Lipinski definition) is 0. The Morgan fingerprint density at radius 1 is 0.778 bits per heavy atom. The Balaban J connectivity index is 2.33. The first-order valence-corrected chi connectivity index (χ1v) is 6.70. The highest BCUT2D eigenvalue weighted by Crippen LogP contribution is 2.25. The van der Waals surface area contributed by atoms with Crippen LogP contribution in [0.15, 0.2) is 42.5 Å². The highest BCUT2D eigenvalue weighted by atomic mass is 14.1. The Morgan fingerprint density at radius 3 is 1.94 bits per heavy atom. The topological polar surface area (TPSA) is 0 Å². The van der Waals surface area contributed by atoms with Crippen molar-refractivity contribution in [2.45, 2.75) is 39.5 Å². The van der Waals surface area contributed by atoms with Crippen LogP contribution in [0.5, 0.6) is 0 Å². The Labute approximate surface area is 111 Å². The van der Waals surface area contributed by atoms with Crippen LogP contribution in [0.25, 0.3) is 11.1 Å².